The molecule has 1 aromatic heterocycles. The molecule has 0 bridgehead atoms. The Morgan fingerprint density at radius 1 is 0.714 bits per heavy atom. The van der Waals surface area contributed by atoms with Crippen molar-refractivity contribution in [3.63, 3.8) is 0 Å². The second kappa shape index (κ2) is 11.9. The lowest BCUT2D eigenvalue weighted by Crippen LogP contribution is -2.48. The van der Waals surface area contributed by atoms with Gasteiger partial charge < -0.3 is 9.47 Å². The van der Waals surface area contributed by atoms with Crippen molar-refractivity contribution in [2.75, 3.05) is 32.8 Å². The number of hydrogen-bond acceptors (Lipinski definition) is 6. The van der Waals surface area contributed by atoms with Gasteiger partial charge >= 0.3 is 0 Å². The normalized spacial score (nSPS) is 17.4. The van der Waals surface area contributed by atoms with Gasteiger partial charge in [-0.25, -0.2) is 4.68 Å². The Morgan fingerprint density at radius 3 is 1.93 bits per heavy atom. The lowest BCUT2D eigenvalue weighted by Gasteiger charge is -2.39. The zero-order valence-electron chi connectivity index (χ0n) is 23.3. The van der Waals surface area contributed by atoms with Crippen LogP contribution < -0.4 is 9.47 Å². The number of hydrogen-bond donors (Lipinski definition) is 0. The highest BCUT2D eigenvalue weighted by Crippen LogP contribution is 2.36. The third-order valence-electron chi connectivity index (χ3n) is 8.01. The van der Waals surface area contributed by atoms with Crippen LogP contribution in [0.15, 0.2) is 115 Å². The van der Waals surface area contributed by atoms with Crippen LogP contribution in [0.4, 0.5) is 0 Å². The molecule has 1 fully saturated rings. The lowest BCUT2D eigenvalue weighted by molar-refractivity contribution is 0.0779. The molecule has 1 saturated heterocycles. The molecule has 2 aliphatic heterocycles. The molecular formula is C34H33N5O2S. The second-order valence-electron chi connectivity index (χ2n) is 10.7. The molecular weight excluding hydrogens is 542 g/mol. The zero-order chi connectivity index (χ0) is 28.3. The number of benzene rings is 4. The third-order valence-corrected chi connectivity index (χ3v) is 8.41. The van der Waals surface area contributed by atoms with Gasteiger partial charge in [0.1, 0.15) is 6.61 Å². The molecule has 42 heavy (non-hydrogen) atoms. The maximum atomic E-state index is 6.37. The summed E-state index contributed by atoms with van der Waals surface area (Å²) in [5.74, 6) is 2.21. The highest BCUT2D eigenvalue weighted by Gasteiger charge is 2.30. The first-order valence-corrected chi connectivity index (χ1v) is 14.9. The molecule has 7 nitrogen and oxygen atoms in total. The molecule has 3 heterocycles. The molecule has 4 aromatic carbocycles. The van der Waals surface area contributed by atoms with Gasteiger partial charge in [-0.2, -0.15) is 5.10 Å². The molecule has 1 unspecified atom stereocenters. The number of rotatable bonds is 7. The molecule has 5 aromatic rings. The van der Waals surface area contributed by atoms with Crippen LogP contribution in [0.1, 0.15) is 29.1 Å². The molecule has 0 saturated carbocycles. The first-order valence-electron chi connectivity index (χ1n) is 14.4. The summed E-state index contributed by atoms with van der Waals surface area (Å²) in [6.45, 7) is 4.72. The van der Waals surface area contributed by atoms with Crippen molar-refractivity contribution in [1.29, 1.82) is 0 Å². The van der Waals surface area contributed by atoms with Crippen molar-refractivity contribution in [2.45, 2.75) is 18.8 Å². The molecule has 0 radical (unpaired) electrons. The summed E-state index contributed by atoms with van der Waals surface area (Å²) in [7, 11) is 0. The van der Waals surface area contributed by atoms with Gasteiger partial charge in [-0.15, -0.1) is 0 Å². The monoisotopic (exact) mass is 575 g/mol. The van der Waals surface area contributed by atoms with Gasteiger partial charge in [-0.05, 0) is 47.6 Å². The van der Waals surface area contributed by atoms with E-state index in [1.165, 1.54) is 11.1 Å². The van der Waals surface area contributed by atoms with E-state index in [2.05, 4.69) is 82.6 Å². The van der Waals surface area contributed by atoms with Crippen LogP contribution in [0, 0.1) is 4.77 Å². The maximum Gasteiger partial charge on any atom is 0.203 e. The number of fused-ring (bicyclic) bond motifs is 1. The fraction of sp³-hybridized carbons (Fsp3) is 0.235. The summed E-state index contributed by atoms with van der Waals surface area (Å²) in [6.07, 6.45) is -0.377. The topological polar surface area (TPSA) is 47.7 Å². The van der Waals surface area contributed by atoms with E-state index in [-0.39, 0.29) is 12.1 Å². The minimum absolute atomic E-state index is 0.229. The molecule has 0 amide bonds. The summed E-state index contributed by atoms with van der Waals surface area (Å²) in [4.78, 5) is 5.01. The average Bonchev–Trinajstić information content (AvgIpc) is 3.38. The first-order chi connectivity index (χ1) is 20.7. The summed E-state index contributed by atoms with van der Waals surface area (Å²) < 4.78 is 17.0. The van der Waals surface area contributed by atoms with Gasteiger partial charge in [-0.3, -0.25) is 14.4 Å². The van der Waals surface area contributed by atoms with E-state index in [0.717, 1.165) is 49.2 Å². The molecule has 2 aliphatic rings. The maximum absolute atomic E-state index is 6.37. The van der Waals surface area contributed by atoms with E-state index in [0.29, 0.717) is 18.0 Å². The fourth-order valence-corrected chi connectivity index (χ4v) is 6.23. The molecule has 7 rings (SSSR count). The SMILES string of the molecule is S=c1n(CN2CCN(C(c3ccccc3)c3ccccc3)CC2)nc(C2COc3ccccc3O2)n1-c1ccccc1. The smallest absolute Gasteiger partial charge is 0.203 e. The molecule has 8 heteroatoms. The number of ether oxygens (including phenoxy) is 2. The molecule has 1 atom stereocenters. The minimum Gasteiger partial charge on any atom is -0.485 e. The van der Waals surface area contributed by atoms with E-state index in [1.807, 2.05) is 51.7 Å². The van der Waals surface area contributed by atoms with Crippen LogP contribution >= 0.6 is 12.2 Å². The fourth-order valence-electron chi connectivity index (χ4n) is 5.93. The Balaban J connectivity index is 1.12. The van der Waals surface area contributed by atoms with Gasteiger partial charge in [-0.1, -0.05) is 91.0 Å². The quantitative estimate of drug-likeness (QED) is 0.213. The Bertz CT molecular complexity index is 1640. The number of piperazine rings is 1. The van der Waals surface area contributed by atoms with Crippen LogP contribution in [0.5, 0.6) is 11.5 Å². The van der Waals surface area contributed by atoms with Gasteiger partial charge in [0.2, 0.25) is 4.77 Å². The highest BCUT2D eigenvalue weighted by atomic mass is 32.1. The molecule has 0 spiro atoms. The Labute approximate surface area is 251 Å². The molecule has 212 valence electrons. The van der Waals surface area contributed by atoms with Crippen LogP contribution in [-0.2, 0) is 6.67 Å². The predicted octanol–water partition coefficient (Wildman–Crippen LogP) is 6.28. The zero-order valence-corrected chi connectivity index (χ0v) is 24.1. The van der Waals surface area contributed by atoms with E-state index >= 15 is 0 Å². The number of nitrogens with zero attached hydrogens (tertiary/aromatic N) is 5. The van der Waals surface area contributed by atoms with Crippen molar-refractivity contribution >= 4 is 12.2 Å². The van der Waals surface area contributed by atoms with Crippen LogP contribution in [0.2, 0.25) is 0 Å². The predicted molar refractivity (Wildman–Crippen MR) is 166 cm³/mol. The Kier molecular flexibility index (Phi) is 7.57. The van der Waals surface area contributed by atoms with Crippen molar-refractivity contribution in [2.24, 2.45) is 0 Å². The van der Waals surface area contributed by atoms with E-state index < -0.39 is 0 Å². The standard InChI is InChI=1S/C34H33N5O2S/c42-34-38(25-36-20-22-37(23-21-36)32(26-12-4-1-5-13-26)27-14-6-2-7-15-27)35-33(39(34)28-16-8-3-9-17-28)31-24-40-29-18-10-11-19-30(29)41-31/h1-19,31-32H,20-25H2. The summed E-state index contributed by atoms with van der Waals surface area (Å²) >= 11 is 6.03. The van der Waals surface area contributed by atoms with Crippen molar-refractivity contribution in [1.82, 2.24) is 24.1 Å². The summed E-state index contributed by atoms with van der Waals surface area (Å²) in [5.41, 5.74) is 3.60. The van der Waals surface area contributed by atoms with E-state index in [4.69, 9.17) is 26.8 Å². The highest BCUT2D eigenvalue weighted by molar-refractivity contribution is 7.71. The van der Waals surface area contributed by atoms with Gasteiger partial charge in [0.25, 0.3) is 0 Å². The summed E-state index contributed by atoms with van der Waals surface area (Å²) in [6, 6.07) is 39.7. The third kappa shape index (κ3) is 5.36. The van der Waals surface area contributed by atoms with Crippen LogP contribution in [0.3, 0.4) is 0 Å². The van der Waals surface area contributed by atoms with Crippen molar-refractivity contribution in [3.8, 4) is 17.2 Å². The van der Waals surface area contributed by atoms with Crippen molar-refractivity contribution in [3.05, 3.63) is 137 Å². The number of aromatic nitrogens is 3. The Morgan fingerprint density at radius 2 is 1.29 bits per heavy atom. The average molecular weight is 576 g/mol. The molecule has 0 aliphatic carbocycles. The van der Waals surface area contributed by atoms with Gasteiger partial charge in [0.05, 0.1) is 12.7 Å². The van der Waals surface area contributed by atoms with Gasteiger partial charge in [0.15, 0.2) is 23.4 Å². The second-order valence-corrected chi connectivity index (χ2v) is 11.1. The molecule has 0 N–H and O–H groups in total. The summed E-state index contributed by atoms with van der Waals surface area (Å²) in [5, 5.41) is 5.04. The largest absolute Gasteiger partial charge is 0.485 e. The number of para-hydroxylation sites is 3. The van der Waals surface area contributed by atoms with Crippen molar-refractivity contribution < 1.29 is 9.47 Å². The first kappa shape index (κ1) is 26.6. The van der Waals surface area contributed by atoms with Crippen LogP contribution in [0.25, 0.3) is 5.69 Å². The Hall–Kier alpha value is -4.24. The minimum atomic E-state index is -0.377. The van der Waals surface area contributed by atoms with Crippen LogP contribution in [-0.4, -0.2) is 56.9 Å². The lowest BCUT2D eigenvalue weighted by atomic mass is 9.96. The van der Waals surface area contributed by atoms with E-state index in [1.54, 1.807) is 0 Å². The van der Waals surface area contributed by atoms with Gasteiger partial charge in [0, 0.05) is 31.9 Å². The van der Waals surface area contributed by atoms with E-state index in [9.17, 15) is 0 Å².